The summed E-state index contributed by atoms with van der Waals surface area (Å²) in [4.78, 5) is 37.2. The van der Waals surface area contributed by atoms with E-state index in [9.17, 15) is 27.9 Å². The predicted molar refractivity (Wildman–Crippen MR) is 146 cm³/mol. The predicted octanol–water partition coefficient (Wildman–Crippen LogP) is 3.09. The quantitative estimate of drug-likeness (QED) is 0.487. The largest absolute Gasteiger partial charge is 0.416 e. The lowest BCUT2D eigenvalue weighted by Crippen LogP contribution is -2.46. The van der Waals surface area contributed by atoms with Crippen molar-refractivity contribution >= 4 is 17.6 Å². The zero-order valence-corrected chi connectivity index (χ0v) is 23.2. The number of nitrogens with zero attached hydrogens (tertiary/aromatic N) is 4. The van der Waals surface area contributed by atoms with Crippen molar-refractivity contribution in [3.05, 3.63) is 53.5 Å². The van der Waals surface area contributed by atoms with Crippen LogP contribution in [0.4, 0.5) is 19.0 Å². The lowest BCUT2D eigenvalue weighted by molar-refractivity contribution is -0.137. The molecule has 1 aliphatic carbocycles. The second kappa shape index (κ2) is 11.9. The van der Waals surface area contributed by atoms with E-state index in [-0.39, 0.29) is 29.8 Å². The van der Waals surface area contributed by atoms with Gasteiger partial charge in [0.05, 0.1) is 16.8 Å². The van der Waals surface area contributed by atoms with Crippen molar-refractivity contribution < 1.29 is 27.9 Å². The number of likely N-dealkylation sites (tertiary alicyclic amines) is 1. The highest BCUT2D eigenvalue weighted by atomic mass is 19.4. The number of amides is 2. The van der Waals surface area contributed by atoms with Gasteiger partial charge >= 0.3 is 6.18 Å². The van der Waals surface area contributed by atoms with Gasteiger partial charge in [-0.2, -0.15) is 13.2 Å². The van der Waals surface area contributed by atoms with Gasteiger partial charge in [0.1, 0.15) is 11.4 Å². The minimum Gasteiger partial charge on any atom is -0.384 e. The van der Waals surface area contributed by atoms with Crippen LogP contribution in [0.25, 0.3) is 0 Å². The highest BCUT2D eigenvalue weighted by Crippen LogP contribution is 2.37. The van der Waals surface area contributed by atoms with Gasteiger partial charge in [0.15, 0.2) is 0 Å². The summed E-state index contributed by atoms with van der Waals surface area (Å²) in [5.74, 6) is 0.0659. The first kappa shape index (κ1) is 29.2. The summed E-state index contributed by atoms with van der Waals surface area (Å²) in [5, 5.41) is 17.5. The molecule has 4 heterocycles. The zero-order chi connectivity index (χ0) is 29.2. The molecule has 1 saturated carbocycles. The first-order valence-corrected chi connectivity index (χ1v) is 14.3. The third kappa shape index (κ3) is 6.64. The molecule has 3 aliphatic rings. The van der Waals surface area contributed by atoms with Gasteiger partial charge in [0.25, 0.3) is 5.91 Å². The molecule has 2 aromatic heterocycles. The Labute approximate surface area is 237 Å². The van der Waals surface area contributed by atoms with Crippen LogP contribution in [0, 0.1) is 5.92 Å². The van der Waals surface area contributed by atoms with Gasteiger partial charge in [-0.1, -0.05) is 0 Å². The Morgan fingerprint density at radius 2 is 1.73 bits per heavy atom. The summed E-state index contributed by atoms with van der Waals surface area (Å²) in [5.41, 5.74) is -0.702. The van der Waals surface area contributed by atoms with E-state index in [2.05, 4.69) is 20.6 Å². The topological polar surface area (TPSA) is 111 Å². The fourth-order valence-corrected chi connectivity index (χ4v) is 6.28. The summed E-state index contributed by atoms with van der Waals surface area (Å²) < 4.78 is 39.2. The molecule has 9 nitrogen and oxygen atoms in total. The Hall–Kier alpha value is -3.25. The molecule has 3 fully saturated rings. The molecule has 2 aromatic rings. The van der Waals surface area contributed by atoms with E-state index in [4.69, 9.17) is 0 Å². The Balaban J connectivity index is 1.07. The van der Waals surface area contributed by atoms with E-state index >= 15 is 0 Å². The first-order chi connectivity index (χ1) is 19.6. The summed E-state index contributed by atoms with van der Waals surface area (Å²) in [6.07, 6.45) is 2.98. The summed E-state index contributed by atoms with van der Waals surface area (Å²) >= 11 is 0. The van der Waals surface area contributed by atoms with Crippen molar-refractivity contribution in [2.45, 2.75) is 68.8 Å². The number of carbonyl (C=O) groups excluding carboxylic acids is 2. The normalized spacial score (nSPS) is 25.8. The fourth-order valence-electron chi connectivity index (χ4n) is 6.28. The zero-order valence-electron chi connectivity index (χ0n) is 23.2. The van der Waals surface area contributed by atoms with Gasteiger partial charge < -0.3 is 25.5 Å². The van der Waals surface area contributed by atoms with Crippen molar-refractivity contribution in [3.63, 3.8) is 0 Å². The number of pyridine rings is 2. The van der Waals surface area contributed by atoms with Crippen LogP contribution in [0.2, 0.25) is 0 Å². The maximum atomic E-state index is 13.2. The van der Waals surface area contributed by atoms with E-state index in [1.165, 1.54) is 12.4 Å². The highest BCUT2D eigenvalue weighted by molar-refractivity contribution is 5.93. The van der Waals surface area contributed by atoms with E-state index in [1.54, 1.807) is 19.2 Å². The van der Waals surface area contributed by atoms with Crippen LogP contribution >= 0.6 is 0 Å². The van der Waals surface area contributed by atoms with Crippen molar-refractivity contribution in [1.82, 2.24) is 25.5 Å². The summed E-state index contributed by atoms with van der Waals surface area (Å²) in [6.45, 7) is 2.31. The molecule has 5 rings (SSSR count). The maximum Gasteiger partial charge on any atom is 0.416 e. The van der Waals surface area contributed by atoms with Crippen molar-refractivity contribution in [2.24, 2.45) is 5.92 Å². The minimum atomic E-state index is -4.41. The number of aromatic nitrogens is 2. The second-order valence-electron chi connectivity index (χ2n) is 11.4. The third-order valence-electron chi connectivity index (χ3n) is 8.75. The van der Waals surface area contributed by atoms with Crippen molar-refractivity contribution in [3.8, 4) is 0 Å². The van der Waals surface area contributed by atoms with Crippen LogP contribution in [0.1, 0.15) is 66.6 Å². The van der Waals surface area contributed by atoms with Crippen LogP contribution < -0.4 is 15.5 Å². The molecule has 2 aliphatic heterocycles. The third-order valence-corrected chi connectivity index (χ3v) is 8.75. The lowest BCUT2D eigenvalue weighted by Gasteiger charge is -2.37. The second-order valence-corrected chi connectivity index (χ2v) is 11.4. The molecule has 2 saturated heterocycles. The lowest BCUT2D eigenvalue weighted by atomic mass is 9.79. The number of rotatable bonds is 6. The molecule has 222 valence electrons. The van der Waals surface area contributed by atoms with Gasteiger partial charge in [0, 0.05) is 63.6 Å². The van der Waals surface area contributed by atoms with Crippen LogP contribution in [0.3, 0.4) is 0 Å². The molecule has 0 unspecified atom stereocenters. The number of carbonyl (C=O) groups is 2. The molecular weight excluding hydrogens is 537 g/mol. The van der Waals surface area contributed by atoms with Gasteiger partial charge in [-0.05, 0) is 69.2 Å². The number of hydrogen-bond acceptors (Lipinski definition) is 7. The Bertz CT molecular complexity index is 1230. The number of anilines is 1. The summed E-state index contributed by atoms with van der Waals surface area (Å²) in [7, 11) is 1.56. The molecule has 2 amide bonds. The number of alkyl halides is 3. The number of hydrogen-bond donors (Lipinski definition) is 3. The monoisotopic (exact) mass is 574 g/mol. The molecule has 0 radical (unpaired) electrons. The molecule has 1 atom stereocenters. The van der Waals surface area contributed by atoms with Gasteiger partial charge in [-0.25, -0.2) is 4.98 Å². The average Bonchev–Trinajstić information content (AvgIpc) is 3.46. The van der Waals surface area contributed by atoms with E-state index < -0.39 is 17.3 Å². The fraction of sp³-hybridized carbons (Fsp3) is 0.586. The van der Waals surface area contributed by atoms with Gasteiger partial charge in [-0.3, -0.25) is 14.6 Å². The average molecular weight is 575 g/mol. The molecule has 41 heavy (non-hydrogen) atoms. The van der Waals surface area contributed by atoms with Crippen LogP contribution in [0.15, 0.2) is 36.7 Å². The Morgan fingerprint density at radius 1 is 1.00 bits per heavy atom. The maximum absolute atomic E-state index is 13.2. The molecule has 12 heteroatoms. The van der Waals surface area contributed by atoms with E-state index in [0.717, 1.165) is 31.4 Å². The number of halogens is 3. The summed E-state index contributed by atoms with van der Waals surface area (Å²) in [6, 6.07) is 5.87. The SMILES string of the molecule is CNC(=O)c1ccc(C2(O)CCC(N[C@H]3CCN(C(=O)C4CCN(c5cc(C(F)(F)F)ccn5)CC4)C3)CC2)nc1. The van der Waals surface area contributed by atoms with Crippen LogP contribution in [0.5, 0.6) is 0 Å². The van der Waals surface area contributed by atoms with Crippen molar-refractivity contribution in [2.75, 3.05) is 38.1 Å². The molecule has 0 aromatic carbocycles. The highest BCUT2D eigenvalue weighted by Gasteiger charge is 2.39. The minimum absolute atomic E-state index is 0.121. The molecule has 0 bridgehead atoms. The van der Waals surface area contributed by atoms with Crippen molar-refractivity contribution in [1.29, 1.82) is 0 Å². The van der Waals surface area contributed by atoms with Gasteiger partial charge in [0.2, 0.25) is 5.91 Å². The first-order valence-electron chi connectivity index (χ1n) is 14.3. The molecule has 0 spiro atoms. The Kier molecular flexibility index (Phi) is 8.51. The van der Waals surface area contributed by atoms with E-state index in [0.29, 0.717) is 68.9 Å². The Morgan fingerprint density at radius 3 is 2.37 bits per heavy atom. The smallest absolute Gasteiger partial charge is 0.384 e. The molecular formula is C29H37F3N6O3. The standard InChI is InChI=1S/C29H37F3N6O3/c1-33-26(39)20-2-3-24(35-17-20)28(41)10-4-22(5-11-28)36-23-9-15-38(18-23)27(40)19-7-13-37(14-8-19)25-16-21(6-12-34-25)29(30,31)32/h2-3,6,12,16-17,19,22-23,36,41H,4-5,7-11,13-15,18H2,1H3,(H,33,39)/t22?,23-,28?/m0/s1. The number of piperidine rings is 1. The van der Waals surface area contributed by atoms with Crippen LogP contribution in [-0.2, 0) is 16.6 Å². The van der Waals surface area contributed by atoms with Crippen LogP contribution in [-0.4, -0.2) is 77.1 Å². The van der Waals surface area contributed by atoms with Gasteiger partial charge in [-0.15, -0.1) is 0 Å². The number of nitrogens with one attached hydrogen (secondary N) is 2. The van der Waals surface area contributed by atoms with E-state index in [1.807, 2.05) is 9.80 Å². The molecule has 3 N–H and O–H groups in total. The number of aliphatic hydroxyl groups is 1.